The second kappa shape index (κ2) is 8.23. The average molecular weight is 298 g/mol. The Hall–Kier alpha value is -2.12. The van der Waals surface area contributed by atoms with E-state index in [-0.39, 0.29) is 12.1 Å². The molecule has 0 aliphatic rings. The van der Waals surface area contributed by atoms with E-state index in [1.165, 1.54) is 4.68 Å². The molecule has 0 spiro atoms. The quantitative estimate of drug-likeness (QED) is 0.389. The maximum atomic E-state index is 11.2. The monoisotopic (exact) mass is 298 g/mol. The van der Waals surface area contributed by atoms with Gasteiger partial charge in [-0.3, -0.25) is 14.9 Å². The minimum Gasteiger partial charge on any atom is -0.481 e. The van der Waals surface area contributed by atoms with Crippen LogP contribution in [0.4, 0.5) is 11.5 Å². The van der Waals surface area contributed by atoms with Gasteiger partial charge in [-0.15, -0.1) is 0 Å². The number of aryl methyl sites for hydroxylation is 2. The Kier molecular flexibility index (Phi) is 6.64. The second-order valence-corrected chi connectivity index (χ2v) is 4.91. The van der Waals surface area contributed by atoms with Crippen LogP contribution in [0.3, 0.4) is 0 Å². The predicted molar refractivity (Wildman–Crippen MR) is 78.5 cm³/mol. The zero-order valence-corrected chi connectivity index (χ0v) is 12.5. The molecule has 0 radical (unpaired) electrons. The Bertz CT molecular complexity index is 499. The van der Waals surface area contributed by atoms with E-state index in [0.717, 1.165) is 19.3 Å². The number of rotatable bonds is 10. The third-order valence-corrected chi connectivity index (χ3v) is 3.12. The van der Waals surface area contributed by atoms with Gasteiger partial charge in [0.25, 0.3) is 0 Å². The van der Waals surface area contributed by atoms with Crippen molar-refractivity contribution in [1.82, 2.24) is 9.78 Å². The molecule has 0 aliphatic carbocycles. The van der Waals surface area contributed by atoms with Gasteiger partial charge in [-0.05, 0) is 19.3 Å². The summed E-state index contributed by atoms with van der Waals surface area (Å²) < 4.78 is 1.50. The van der Waals surface area contributed by atoms with Gasteiger partial charge in [0.15, 0.2) is 0 Å². The molecule has 0 unspecified atom stereocenters. The molecule has 118 valence electrons. The zero-order chi connectivity index (χ0) is 15.8. The molecule has 21 heavy (non-hydrogen) atoms. The highest BCUT2D eigenvalue weighted by Crippen LogP contribution is 2.28. The summed E-state index contributed by atoms with van der Waals surface area (Å²) in [5.74, 6) is -0.379. The molecule has 0 atom stereocenters. The summed E-state index contributed by atoms with van der Waals surface area (Å²) in [7, 11) is 1.68. The molecular weight excluding hydrogens is 276 g/mol. The Labute approximate surface area is 123 Å². The van der Waals surface area contributed by atoms with Crippen LogP contribution in [-0.2, 0) is 18.3 Å². The number of hydrogen-bond donors (Lipinski definition) is 2. The van der Waals surface area contributed by atoms with Gasteiger partial charge in [-0.2, -0.15) is 5.10 Å². The van der Waals surface area contributed by atoms with Crippen LogP contribution in [-0.4, -0.2) is 32.3 Å². The summed E-state index contributed by atoms with van der Waals surface area (Å²) in [6.07, 6.45) is 3.68. The molecule has 1 heterocycles. The minimum atomic E-state index is -0.797. The Balaban J connectivity index is 2.58. The minimum absolute atomic E-state index is 0.0462. The summed E-state index contributed by atoms with van der Waals surface area (Å²) in [5, 5.41) is 27.0. The molecule has 1 aromatic heterocycles. The SMILES string of the molecule is CCCc1nn(C)c(NCCCCCC(=O)O)c1[N+](=O)[O-]. The summed E-state index contributed by atoms with van der Waals surface area (Å²) in [5.41, 5.74) is 0.545. The second-order valence-electron chi connectivity index (χ2n) is 4.91. The highest BCUT2D eigenvalue weighted by Gasteiger charge is 2.25. The van der Waals surface area contributed by atoms with Gasteiger partial charge < -0.3 is 10.4 Å². The molecule has 2 N–H and O–H groups in total. The Morgan fingerprint density at radius 3 is 2.71 bits per heavy atom. The molecule has 1 aromatic rings. The van der Waals surface area contributed by atoms with Crippen molar-refractivity contribution in [2.75, 3.05) is 11.9 Å². The third kappa shape index (κ3) is 5.05. The van der Waals surface area contributed by atoms with Crippen molar-refractivity contribution in [3.05, 3.63) is 15.8 Å². The average Bonchev–Trinajstić information content (AvgIpc) is 2.70. The third-order valence-electron chi connectivity index (χ3n) is 3.12. The normalized spacial score (nSPS) is 10.6. The van der Waals surface area contributed by atoms with Crippen molar-refractivity contribution >= 4 is 17.5 Å². The smallest absolute Gasteiger partial charge is 0.333 e. The van der Waals surface area contributed by atoms with Gasteiger partial charge in [0.2, 0.25) is 5.82 Å². The van der Waals surface area contributed by atoms with E-state index in [1.807, 2.05) is 6.92 Å². The molecule has 1 rings (SSSR count). The maximum absolute atomic E-state index is 11.2. The van der Waals surface area contributed by atoms with Gasteiger partial charge in [-0.1, -0.05) is 19.8 Å². The van der Waals surface area contributed by atoms with E-state index in [9.17, 15) is 14.9 Å². The molecule has 0 saturated carbocycles. The molecule has 8 nitrogen and oxygen atoms in total. The molecule has 8 heteroatoms. The number of hydrogen-bond acceptors (Lipinski definition) is 5. The molecular formula is C13H22N4O4. The number of nitrogens with zero attached hydrogens (tertiary/aromatic N) is 3. The highest BCUT2D eigenvalue weighted by atomic mass is 16.6. The van der Waals surface area contributed by atoms with E-state index < -0.39 is 10.9 Å². The van der Waals surface area contributed by atoms with Crippen molar-refractivity contribution in [2.24, 2.45) is 7.05 Å². The molecule has 0 bridgehead atoms. The first-order valence-corrected chi connectivity index (χ1v) is 7.13. The topological polar surface area (TPSA) is 110 Å². The largest absolute Gasteiger partial charge is 0.481 e. The fraction of sp³-hybridized carbons (Fsp3) is 0.692. The lowest BCUT2D eigenvalue weighted by Gasteiger charge is -2.05. The standard InChI is InChI=1S/C13H22N4O4/c1-3-7-10-12(17(20)21)13(16(2)15-10)14-9-6-4-5-8-11(18)19/h14H,3-9H2,1-2H3,(H,18,19). The van der Waals surface area contributed by atoms with Gasteiger partial charge in [-0.25, -0.2) is 4.68 Å². The van der Waals surface area contributed by atoms with Crippen LogP contribution >= 0.6 is 0 Å². The first-order chi connectivity index (χ1) is 9.97. The Morgan fingerprint density at radius 2 is 2.14 bits per heavy atom. The van der Waals surface area contributed by atoms with Crippen LogP contribution in [0.25, 0.3) is 0 Å². The molecule has 0 aliphatic heterocycles. The predicted octanol–water partition coefficient (Wildman–Crippen LogP) is 2.34. The van der Waals surface area contributed by atoms with Gasteiger partial charge >= 0.3 is 11.7 Å². The van der Waals surface area contributed by atoms with Crippen LogP contribution in [0.5, 0.6) is 0 Å². The number of aromatic nitrogens is 2. The number of nitrogens with one attached hydrogen (secondary N) is 1. The van der Waals surface area contributed by atoms with E-state index in [2.05, 4.69) is 10.4 Å². The van der Waals surface area contributed by atoms with Crippen molar-refractivity contribution < 1.29 is 14.8 Å². The molecule has 0 amide bonds. The van der Waals surface area contributed by atoms with E-state index in [0.29, 0.717) is 30.9 Å². The molecule has 0 aromatic carbocycles. The number of carboxylic acids is 1. The first kappa shape index (κ1) is 16.9. The number of anilines is 1. The fourth-order valence-corrected chi connectivity index (χ4v) is 2.15. The lowest BCUT2D eigenvalue weighted by atomic mass is 10.2. The summed E-state index contributed by atoms with van der Waals surface area (Å²) in [6, 6.07) is 0. The van der Waals surface area contributed by atoms with Crippen molar-refractivity contribution in [3.63, 3.8) is 0 Å². The van der Waals surface area contributed by atoms with Crippen molar-refractivity contribution in [1.29, 1.82) is 0 Å². The molecule has 0 fully saturated rings. The van der Waals surface area contributed by atoms with Crippen LogP contribution in [0.2, 0.25) is 0 Å². The highest BCUT2D eigenvalue weighted by molar-refractivity contribution is 5.66. The molecule has 0 saturated heterocycles. The van der Waals surface area contributed by atoms with Crippen LogP contribution in [0.1, 0.15) is 44.7 Å². The van der Waals surface area contributed by atoms with Gasteiger partial charge in [0, 0.05) is 20.0 Å². The van der Waals surface area contributed by atoms with Crippen LogP contribution in [0.15, 0.2) is 0 Å². The summed E-state index contributed by atoms with van der Waals surface area (Å²) >= 11 is 0. The van der Waals surface area contributed by atoms with E-state index in [1.54, 1.807) is 7.05 Å². The number of nitro groups is 1. The van der Waals surface area contributed by atoms with Crippen LogP contribution in [0, 0.1) is 10.1 Å². The lowest BCUT2D eigenvalue weighted by Crippen LogP contribution is -2.08. The van der Waals surface area contributed by atoms with E-state index in [4.69, 9.17) is 5.11 Å². The first-order valence-electron chi connectivity index (χ1n) is 7.13. The summed E-state index contributed by atoms with van der Waals surface area (Å²) in [6.45, 7) is 2.51. The fourth-order valence-electron chi connectivity index (χ4n) is 2.15. The number of unbranched alkanes of at least 4 members (excludes halogenated alkanes) is 2. The number of carbonyl (C=O) groups is 1. The van der Waals surface area contributed by atoms with Gasteiger partial charge in [0.05, 0.1) is 4.92 Å². The zero-order valence-electron chi connectivity index (χ0n) is 12.5. The lowest BCUT2D eigenvalue weighted by molar-refractivity contribution is -0.384. The summed E-state index contributed by atoms with van der Waals surface area (Å²) in [4.78, 5) is 21.2. The maximum Gasteiger partial charge on any atom is 0.333 e. The Morgan fingerprint density at radius 1 is 1.43 bits per heavy atom. The van der Waals surface area contributed by atoms with Crippen LogP contribution < -0.4 is 5.32 Å². The number of carboxylic acid groups (broad SMARTS) is 1. The van der Waals surface area contributed by atoms with E-state index >= 15 is 0 Å². The van der Waals surface area contributed by atoms with Crippen molar-refractivity contribution in [2.45, 2.75) is 45.4 Å². The van der Waals surface area contributed by atoms with Gasteiger partial charge in [0.1, 0.15) is 5.69 Å². The van der Waals surface area contributed by atoms with Crippen molar-refractivity contribution in [3.8, 4) is 0 Å². The number of aliphatic carboxylic acids is 1.